The SMILES string of the molecule is CC(C)C(CC(=O)O)C1CCCO1. The lowest BCUT2D eigenvalue weighted by molar-refractivity contribution is -0.139. The fourth-order valence-electron chi connectivity index (χ4n) is 1.94. The van der Waals surface area contributed by atoms with E-state index < -0.39 is 5.97 Å². The molecule has 1 N–H and O–H groups in total. The number of ether oxygens (including phenoxy) is 1. The molecule has 13 heavy (non-hydrogen) atoms. The highest BCUT2D eigenvalue weighted by atomic mass is 16.5. The number of hydrogen-bond donors (Lipinski definition) is 1. The Morgan fingerprint density at radius 2 is 2.31 bits per heavy atom. The van der Waals surface area contributed by atoms with E-state index in [2.05, 4.69) is 13.8 Å². The Balaban J connectivity index is 2.50. The average Bonchev–Trinajstić information content (AvgIpc) is 2.50. The Morgan fingerprint density at radius 3 is 2.69 bits per heavy atom. The van der Waals surface area contributed by atoms with Crippen molar-refractivity contribution in [3.05, 3.63) is 0 Å². The van der Waals surface area contributed by atoms with Crippen LogP contribution in [-0.4, -0.2) is 23.8 Å². The first-order valence-electron chi connectivity index (χ1n) is 4.94. The van der Waals surface area contributed by atoms with Crippen molar-refractivity contribution < 1.29 is 14.6 Å². The summed E-state index contributed by atoms with van der Waals surface area (Å²) in [6.07, 6.45) is 2.52. The molecule has 1 aliphatic heterocycles. The van der Waals surface area contributed by atoms with Crippen molar-refractivity contribution in [2.75, 3.05) is 6.61 Å². The summed E-state index contributed by atoms with van der Waals surface area (Å²) in [6.45, 7) is 4.93. The number of carboxylic acid groups (broad SMARTS) is 1. The largest absolute Gasteiger partial charge is 0.481 e. The lowest BCUT2D eigenvalue weighted by atomic mass is 9.86. The van der Waals surface area contributed by atoms with E-state index >= 15 is 0 Å². The van der Waals surface area contributed by atoms with Gasteiger partial charge in [0.05, 0.1) is 12.5 Å². The minimum Gasteiger partial charge on any atom is -0.481 e. The molecule has 3 heteroatoms. The monoisotopic (exact) mass is 186 g/mol. The van der Waals surface area contributed by atoms with Crippen LogP contribution in [0.5, 0.6) is 0 Å². The zero-order chi connectivity index (χ0) is 9.84. The van der Waals surface area contributed by atoms with Crippen LogP contribution in [0.3, 0.4) is 0 Å². The minimum absolute atomic E-state index is 0.177. The van der Waals surface area contributed by atoms with Gasteiger partial charge in [-0.05, 0) is 24.7 Å². The highest BCUT2D eigenvalue weighted by Gasteiger charge is 2.29. The van der Waals surface area contributed by atoms with Crippen LogP contribution in [0.15, 0.2) is 0 Å². The van der Waals surface area contributed by atoms with Gasteiger partial charge < -0.3 is 9.84 Å². The van der Waals surface area contributed by atoms with Gasteiger partial charge in [0, 0.05) is 6.61 Å². The van der Waals surface area contributed by atoms with Crippen molar-refractivity contribution in [1.29, 1.82) is 0 Å². The third kappa shape index (κ3) is 2.99. The molecule has 0 aromatic heterocycles. The highest BCUT2D eigenvalue weighted by molar-refractivity contribution is 5.67. The van der Waals surface area contributed by atoms with Crippen molar-refractivity contribution in [1.82, 2.24) is 0 Å². The molecule has 1 aliphatic rings. The second kappa shape index (κ2) is 4.61. The molecular weight excluding hydrogens is 168 g/mol. The van der Waals surface area contributed by atoms with E-state index in [9.17, 15) is 4.79 Å². The van der Waals surface area contributed by atoms with Crippen molar-refractivity contribution in [2.45, 2.75) is 39.2 Å². The van der Waals surface area contributed by atoms with Crippen molar-refractivity contribution >= 4 is 5.97 Å². The minimum atomic E-state index is -0.714. The molecule has 0 spiro atoms. The second-order valence-corrected chi connectivity index (χ2v) is 4.06. The van der Waals surface area contributed by atoms with Gasteiger partial charge in [0.1, 0.15) is 0 Å². The first-order chi connectivity index (χ1) is 6.11. The molecule has 2 atom stereocenters. The van der Waals surface area contributed by atoms with Gasteiger partial charge in [-0.1, -0.05) is 13.8 Å². The van der Waals surface area contributed by atoms with Gasteiger partial charge in [-0.3, -0.25) is 4.79 Å². The zero-order valence-corrected chi connectivity index (χ0v) is 8.32. The van der Waals surface area contributed by atoms with Crippen LogP contribution in [0.4, 0.5) is 0 Å². The van der Waals surface area contributed by atoms with Crippen LogP contribution >= 0.6 is 0 Å². The quantitative estimate of drug-likeness (QED) is 0.729. The van der Waals surface area contributed by atoms with Gasteiger partial charge in [0.15, 0.2) is 0 Å². The Morgan fingerprint density at radius 1 is 1.62 bits per heavy atom. The third-order valence-electron chi connectivity index (χ3n) is 2.71. The lowest BCUT2D eigenvalue weighted by Crippen LogP contribution is -2.27. The summed E-state index contributed by atoms with van der Waals surface area (Å²) in [5.41, 5.74) is 0. The number of rotatable bonds is 4. The second-order valence-electron chi connectivity index (χ2n) is 4.06. The maximum Gasteiger partial charge on any atom is 0.303 e. The molecule has 0 radical (unpaired) electrons. The van der Waals surface area contributed by atoms with E-state index in [4.69, 9.17) is 9.84 Å². The van der Waals surface area contributed by atoms with Gasteiger partial charge >= 0.3 is 5.97 Å². The Hall–Kier alpha value is -0.570. The van der Waals surface area contributed by atoms with Gasteiger partial charge in [-0.15, -0.1) is 0 Å². The third-order valence-corrected chi connectivity index (χ3v) is 2.71. The summed E-state index contributed by atoms with van der Waals surface area (Å²) in [5, 5.41) is 8.74. The molecule has 2 unspecified atom stereocenters. The molecule has 0 amide bonds. The fourth-order valence-corrected chi connectivity index (χ4v) is 1.94. The molecule has 1 heterocycles. The molecular formula is C10H18O3. The average molecular weight is 186 g/mol. The predicted molar refractivity (Wildman–Crippen MR) is 49.6 cm³/mol. The van der Waals surface area contributed by atoms with Crippen LogP contribution in [0, 0.1) is 11.8 Å². The number of hydrogen-bond acceptors (Lipinski definition) is 2. The number of carboxylic acids is 1. The van der Waals surface area contributed by atoms with E-state index in [1.54, 1.807) is 0 Å². The molecule has 1 rings (SSSR count). The Bertz CT molecular complexity index is 171. The maximum atomic E-state index is 10.6. The summed E-state index contributed by atoms with van der Waals surface area (Å²) in [5.74, 6) is -0.145. The smallest absolute Gasteiger partial charge is 0.303 e. The predicted octanol–water partition coefficient (Wildman–Crippen LogP) is 1.91. The summed E-state index contributed by atoms with van der Waals surface area (Å²) in [6, 6.07) is 0. The fraction of sp³-hybridized carbons (Fsp3) is 0.900. The molecule has 3 nitrogen and oxygen atoms in total. The van der Waals surface area contributed by atoms with Gasteiger partial charge in [-0.25, -0.2) is 0 Å². The molecule has 0 aromatic rings. The van der Waals surface area contributed by atoms with Crippen LogP contribution in [0.1, 0.15) is 33.1 Å². The van der Waals surface area contributed by atoms with E-state index in [-0.39, 0.29) is 18.4 Å². The van der Waals surface area contributed by atoms with Crippen LogP contribution in [0.25, 0.3) is 0 Å². The van der Waals surface area contributed by atoms with Gasteiger partial charge in [0.2, 0.25) is 0 Å². The number of carbonyl (C=O) groups is 1. The van der Waals surface area contributed by atoms with Crippen molar-refractivity contribution in [3.8, 4) is 0 Å². The van der Waals surface area contributed by atoms with Crippen LogP contribution < -0.4 is 0 Å². The topological polar surface area (TPSA) is 46.5 Å². The van der Waals surface area contributed by atoms with Crippen molar-refractivity contribution in [2.24, 2.45) is 11.8 Å². The maximum absolute atomic E-state index is 10.6. The van der Waals surface area contributed by atoms with E-state index in [1.807, 2.05) is 0 Å². The molecule has 1 fully saturated rings. The van der Waals surface area contributed by atoms with E-state index in [0.29, 0.717) is 5.92 Å². The van der Waals surface area contributed by atoms with Crippen LogP contribution in [-0.2, 0) is 9.53 Å². The Labute approximate surface area is 79.1 Å². The first kappa shape index (κ1) is 10.5. The Kier molecular flexibility index (Phi) is 3.72. The van der Waals surface area contributed by atoms with Gasteiger partial charge in [-0.2, -0.15) is 0 Å². The van der Waals surface area contributed by atoms with E-state index in [0.717, 1.165) is 19.4 Å². The first-order valence-corrected chi connectivity index (χ1v) is 4.94. The van der Waals surface area contributed by atoms with Crippen LogP contribution in [0.2, 0.25) is 0 Å². The molecule has 0 aliphatic carbocycles. The van der Waals surface area contributed by atoms with Gasteiger partial charge in [0.25, 0.3) is 0 Å². The lowest BCUT2D eigenvalue weighted by Gasteiger charge is -2.24. The molecule has 1 saturated heterocycles. The molecule has 0 saturated carbocycles. The zero-order valence-electron chi connectivity index (χ0n) is 8.32. The number of aliphatic carboxylic acids is 1. The standard InChI is InChI=1S/C10H18O3/c1-7(2)8(6-10(11)12)9-4-3-5-13-9/h7-9H,3-6H2,1-2H3,(H,11,12). The summed E-state index contributed by atoms with van der Waals surface area (Å²) >= 11 is 0. The van der Waals surface area contributed by atoms with Crippen molar-refractivity contribution in [3.63, 3.8) is 0 Å². The molecule has 76 valence electrons. The highest BCUT2D eigenvalue weighted by Crippen LogP contribution is 2.28. The molecule has 0 bridgehead atoms. The summed E-state index contributed by atoms with van der Waals surface area (Å²) < 4.78 is 5.51. The normalized spacial score (nSPS) is 25.0. The van der Waals surface area contributed by atoms with E-state index in [1.165, 1.54) is 0 Å². The molecule has 0 aromatic carbocycles. The summed E-state index contributed by atoms with van der Waals surface area (Å²) in [7, 11) is 0. The summed E-state index contributed by atoms with van der Waals surface area (Å²) in [4.78, 5) is 10.6.